The normalized spacial score (nSPS) is 11.6. The molecule has 0 fully saturated rings. The molecule has 0 atom stereocenters. The van der Waals surface area contributed by atoms with Gasteiger partial charge in [0.25, 0.3) is 0 Å². The van der Waals surface area contributed by atoms with Crippen molar-refractivity contribution < 1.29 is 4.39 Å². The molecule has 60 valence electrons. The van der Waals surface area contributed by atoms with Crippen LogP contribution in [0.15, 0.2) is 24.3 Å². The fraction of sp³-hybridized carbons (Fsp3) is 0.333. The summed E-state index contributed by atoms with van der Waals surface area (Å²) in [7, 11) is 0. The summed E-state index contributed by atoms with van der Waals surface area (Å²) in [6, 6.07) is 6.94. The van der Waals surface area contributed by atoms with Crippen molar-refractivity contribution in [1.82, 2.24) is 0 Å². The molecule has 0 amide bonds. The third-order valence-electron chi connectivity index (χ3n) is 1.53. The van der Waals surface area contributed by atoms with E-state index >= 15 is 0 Å². The zero-order valence-corrected chi connectivity index (χ0v) is 9.19. The van der Waals surface area contributed by atoms with E-state index in [0.29, 0.717) is 0 Å². The maximum absolute atomic E-state index is 13.1. The first-order chi connectivity index (χ1) is 5.02. The molecular weight excluding hydrogens is 255 g/mol. The van der Waals surface area contributed by atoms with E-state index in [4.69, 9.17) is 0 Å². The Morgan fingerprint density at radius 3 is 2.18 bits per heavy atom. The van der Waals surface area contributed by atoms with E-state index in [1.165, 1.54) is 6.07 Å². The number of halogens is 1. The molecule has 0 saturated heterocycles. The first kappa shape index (κ1) is 9.03. The molecule has 0 aliphatic rings. The Morgan fingerprint density at radius 1 is 1.27 bits per heavy atom. The van der Waals surface area contributed by atoms with Gasteiger partial charge in [0.05, 0.1) is 0 Å². The van der Waals surface area contributed by atoms with Crippen molar-refractivity contribution in [3.05, 3.63) is 35.6 Å². The maximum atomic E-state index is 13.1. The molecule has 0 unspecified atom stereocenters. The van der Waals surface area contributed by atoms with Gasteiger partial charge in [0.2, 0.25) is 0 Å². The Morgan fingerprint density at radius 2 is 1.82 bits per heavy atom. The van der Waals surface area contributed by atoms with Crippen LogP contribution in [0, 0.1) is 5.82 Å². The number of benzene rings is 1. The van der Waals surface area contributed by atoms with Crippen LogP contribution in [0.2, 0.25) is 0 Å². The molecule has 1 aromatic rings. The minimum atomic E-state index is -0.0986. The zero-order valence-electron chi connectivity index (χ0n) is 6.63. The van der Waals surface area contributed by atoms with Crippen molar-refractivity contribution in [2.24, 2.45) is 0 Å². The summed E-state index contributed by atoms with van der Waals surface area (Å²) in [5, 5.41) is 0. The van der Waals surface area contributed by atoms with E-state index in [0.717, 1.165) is 5.56 Å². The molecule has 0 spiro atoms. The molecule has 0 radical (unpaired) electrons. The standard InChI is InChI=1S/C9H11FTe/c1-9(2,11)7-5-3-4-6-8(7)10/h3-6,11H,1-2H3. The molecule has 0 nitrogen and oxygen atoms in total. The Balaban J connectivity index is 3.14. The minimum absolute atomic E-state index is 0.0419. The van der Waals surface area contributed by atoms with Crippen molar-refractivity contribution in [3.63, 3.8) is 0 Å². The molecule has 2 heteroatoms. The Hall–Kier alpha value is -0.0604. The summed E-state index contributed by atoms with van der Waals surface area (Å²) < 4.78 is 13.1. The van der Waals surface area contributed by atoms with Crippen LogP contribution in [-0.2, 0) is 3.46 Å². The second-order valence-corrected chi connectivity index (χ2v) is 6.23. The summed E-state index contributed by atoms with van der Waals surface area (Å²) in [5.41, 5.74) is 0.800. The molecular formula is C9H11FTe. The predicted molar refractivity (Wildman–Crippen MR) is 46.6 cm³/mol. The van der Waals surface area contributed by atoms with E-state index in [1.54, 1.807) is 28.4 Å². The fourth-order valence-corrected chi connectivity index (χ4v) is 1.47. The van der Waals surface area contributed by atoms with E-state index in [-0.39, 0.29) is 9.28 Å². The second-order valence-electron chi connectivity index (χ2n) is 3.04. The van der Waals surface area contributed by atoms with E-state index in [9.17, 15) is 4.39 Å². The number of rotatable bonds is 1. The van der Waals surface area contributed by atoms with Crippen LogP contribution in [0.3, 0.4) is 0 Å². The van der Waals surface area contributed by atoms with Crippen LogP contribution in [0.1, 0.15) is 19.4 Å². The van der Waals surface area contributed by atoms with Gasteiger partial charge >= 0.3 is 79.6 Å². The Kier molecular flexibility index (Phi) is 2.57. The van der Waals surface area contributed by atoms with Crippen LogP contribution >= 0.6 is 0 Å². The summed E-state index contributed by atoms with van der Waals surface area (Å²) >= 11 is 1.63. The van der Waals surface area contributed by atoms with Gasteiger partial charge in [-0.1, -0.05) is 0 Å². The molecule has 0 N–H and O–H groups in total. The van der Waals surface area contributed by atoms with E-state index < -0.39 is 0 Å². The van der Waals surface area contributed by atoms with Crippen molar-refractivity contribution in [1.29, 1.82) is 0 Å². The molecule has 11 heavy (non-hydrogen) atoms. The third kappa shape index (κ3) is 2.18. The summed E-state index contributed by atoms with van der Waals surface area (Å²) in [6.45, 7) is 4.06. The van der Waals surface area contributed by atoms with Gasteiger partial charge in [-0.25, -0.2) is 0 Å². The molecule has 0 heterocycles. The van der Waals surface area contributed by atoms with Crippen molar-refractivity contribution in [3.8, 4) is 0 Å². The zero-order chi connectivity index (χ0) is 8.48. The topological polar surface area (TPSA) is 0 Å². The van der Waals surface area contributed by atoms with Gasteiger partial charge in [-0.3, -0.25) is 0 Å². The van der Waals surface area contributed by atoms with Crippen molar-refractivity contribution in [2.45, 2.75) is 17.3 Å². The fourth-order valence-electron chi connectivity index (χ4n) is 0.957. The molecule has 0 bridgehead atoms. The van der Waals surface area contributed by atoms with Crippen molar-refractivity contribution in [2.75, 3.05) is 0 Å². The number of hydrogen-bond donors (Lipinski definition) is 0. The SMILES string of the molecule is CC(C)([TeH])c1ccccc1F. The summed E-state index contributed by atoms with van der Waals surface area (Å²) in [6.07, 6.45) is 0. The monoisotopic (exact) mass is 268 g/mol. The third-order valence-corrected chi connectivity index (χ3v) is 2.22. The van der Waals surface area contributed by atoms with Crippen LogP contribution in [0.4, 0.5) is 4.39 Å². The first-order valence-electron chi connectivity index (χ1n) is 3.49. The molecule has 0 aromatic heterocycles. The Labute approximate surface area is 79.7 Å². The quantitative estimate of drug-likeness (QED) is 0.681. The summed E-state index contributed by atoms with van der Waals surface area (Å²) in [4.78, 5) is 0. The predicted octanol–water partition coefficient (Wildman–Crippen LogP) is 1.96. The molecule has 0 aliphatic carbocycles. The van der Waals surface area contributed by atoms with Crippen LogP contribution in [0.5, 0.6) is 0 Å². The summed E-state index contributed by atoms with van der Waals surface area (Å²) in [5.74, 6) is -0.0986. The number of hydrogen-bond acceptors (Lipinski definition) is 0. The van der Waals surface area contributed by atoms with Gasteiger partial charge in [0.15, 0.2) is 0 Å². The average molecular weight is 266 g/mol. The average Bonchev–Trinajstić information content (AvgIpc) is 1.86. The first-order valence-corrected chi connectivity index (χ1v) is 4.77. The second kappa shape index (κ2) is 3.13. The molecule has 1 rings (SSSR count). The van der Waals surface area contributed by atoms with Gasteiger partial charge < -0.3 is 0 Å². The molecule has 0 aliphatic heterocycles. The van der Waals surface area contributed by atoms with Crippen LogP contribution in [-0.4, -0.2) is 22.3 Å². The van der Waals surface area contributed by atoms with Gasteiger partial charge in [0.1, 0.15) is 0 Å². The van der Waals surface area contributed by atoms with Gasteiger partial charge in [-0.15, -0.1) is 0 Å². The molecule has 0 saturated carbocycles. The van der Waals surface area contributed by atoms with Crippen molar-refractivity contribution >= 4 is 22.3 Å². The van der Waals surface area contributed by atoms with Gasteiger partial charge in [0, 0.05) is 0 Å². The van der Waals surface area contributed by atoms with E-state index in [1.807, 2.05) is 26.0 Å². The van der Waals surface area contributed by atoms with Gasteiger partial charge in [-0.05, 0) is 0 Å². The van der Waals surface area contributed by atoms with E-state index in [2.05, 4.69) is 0 Å². The van der Waals surface area contributed by atoms with Crippen LogP contribution in [0.25, 0.3) is 0 Å². The van der Waals surface area contributed by atoms with Crippen LogP contribution < -0.4 is 0 Å². The molecule has 1 aromatic carbocycles. The Bertz CT molecular complexity index is 250. The van der Waals surface area contributed by atoms with Gasteiger partial charge in [-0.2, -0.15) is 0 Å².